The van der Waals surface area contributed by atoms with Gasteiger partial charge in [0.05, 0.1) is 56.3 Å². The zero-order valence-electron chi connectivity index (χ0n) is 44.2. The molecule has 24 nitrogen and oxygen atoms in total. The number of rotatable bonds is 12. The molecule has 4 heterocycles. The Labute approximate surface area is 441 Å². The minimum atomic E-state index is -2.14. The lowest BCUT2D eigenvalue weighted by atomic mass is 9.32. The zero-order valence-corrected chi connectivity index (χ0v) is 44.2. The van der Waals surface area contributed by atoms with Gasteiger partial charge in [0.15, 0.2) is 31.3 Å². The average Bonchev–Trinajstić information content (AvgIpc) is 3.67. The second-order valence-corrected chi connectivity index (χ2v) is 25.7. The van der Waals surface area contributed by atoms with Gasteiger partial charge < -0.3 is 114 Å². The van der Waals surface area contributed by atoms with Gasteiger partial charge in [0.25, 0.3) is 0 Å². The van der Waals surface area contributed by atoms with Gasteiger partial charge in [-0.15, -0.1) is 0 Å². The Morgan fingerprint density at radius 2 is 1.20 bits per heavy atom. The largest absolute Gasteiger partial charge is 0.479 e. The van der Waals surface area contributed by atoms with Crippen LogP contribution in [0.2, 0.25) is 0 Å². The number of carboxylic acid groups (broad SMARTS) is 1. The van der Waals surface area contributed by atoms with E-state index >= 15 is 0 Å². The van der Waals surface area contributed by atoms with Crippen LogP contribution in [0.4, 0.5) is 0 Å². The van der Waals surface area contributed by atoms with Crippen molar-refractivity contribution in [1.82, 2.24) is 0 Å². The Morgan fingerprint density at radius 3 is 1.80 bits per heavy atom. The predicted octanol–water partition coefficient (Wildman–Crippen LogP) is -3.28. The van der Waals surface area contributed by atoms with E-state index in [1.54, 1.807) is 0 Å². The lowest BCUT2D eigenvalue weighted by Gasteiger charge is -2.73. The number of aliphatic carboxylic acids is 1. The predicted molar refractivity (Wildman–Crippen MR) is 255 cm³/mol. The monoisotopic (exact) mass is 1090 g/mol. The molecule has 24 heteroatoms. The summed E-state index contributed by atoms with van der Waals surface area (Å²) in [6.45, 7) is 11.8. The molecule has 9 rings (SSSR count). The van der Waals surface area contributed by atoms with Crippen molar-refractivity contribution in [3.63, 3.8) is 0 Å². The van der Waals surface area contributed by atoms with Gasteiger partial charge in [-0.1, -0.05) is 60.1 Å². The minimum absolute atomic E-state index is 0.0779. The number of ether oxygens (including phenoxy) is 8. The molecule has 76 heavy (non-hydrogen) atoms. The normalized spacial score (nSPS) is 54.9. The molecule has 0 aromatic carbocycles. The summed E-state index contributed by atoms with van der Waals surface area (Å²) < 4.78 is 49.1. The molecule has 29 atom stereocenters. The second kappa shape index (κ2) is 20.9. The van der Waals surface area contributed by atoms with Gasteiger partial charge in [0.1, 0.15) is 79.4 Å². The van der Waals surface area contributed by atoms with Crippen molar-refractivity contribution >= 4 is 5.97 Å². The van der Waals surface area contributed by atoms with Gasteiger partial charge in [0, 0.05) is 5.41 Å². The molecule has 0 spiro atoms. The summed E-state index contributed by atoms with van der Waals surface area (Å²) in [7, 11) is 0. The highest BCUT2D eigenvalue weighted by molar-refractivity contribution is 5.73. The van der Waals surface area contributed by atoms with E-state index in [2.05, 4.69) is 33.8 Å². The maximum Gasteiger partial charge on any atom is 0.335 e. The van der Waals surface area contributed by atoms with E-state index in [0.717, 1.165) is 5.57 Å². The smallest absolute Gasteiger partial charge is 0.335 e. The first kappa shape index (κ1) is 59.0. The fraction of sp³-hybridized carbons (Fsp3) is 0.942. The van der Waals surface area contributed by atoms with Crippen molar-refractivity contribution in [2.75, 3.05) is 26.4 Å². The Bertz CT molecular complexity index is 2110. The minimum Gasteiger partial charge on any atom is -0.479 e. The summed E-state index contributed by atoms with van der Waals surface area (Å²) in [6, 6.07) is 0. The van der Waals surface area contributed by atoms with Gasteiger partial charge in [-0.2, -0.15) is 0 Å². The first-order chi connectivity index (χ1) is 35.5. The third-order valence-electron chi connectivity index (χ3n) is 20.9. The van der Waals surface area contributed by atoms with E-state index in [-0.39, 0.29) is 17.3 Å². The van der Waals surface area contributed by atoms with Crippen LogP contribution in [0.5, 0.6) is 0 Å². The van der Waals surface area contributed by atoms with Crippen LogP contribution in [0.1, 0.15) is 93.4 Å². The first-order valence-electron chi connectivity index (χ1n) is 26.9. The van der Waals surface area contributed by atoms with E-state index in [1.807, 2.05) is 20.8 Å². The topological polar surface area (TPSA) is 394 Å². The standard InChI is InChI=1S/C52H84O24/c1-47(2)14-21-20-8-9-26-49(5)12-11-28(48(3,4)25(49)10-13-50(26,6)51(20,7)40(65)41(66)52(21,19-55)27(57)15-47)72-46-39(76-45-35(64)32(61)30(59)23(16-53)70-45)37(73-43-33(62)29(58)22(56)18-69-43)36(38(75-46)42(67)68)74-44-34(63)31(60)24(17-54)71-44/h8,21-41,43-46,53-66H,9-19H2,1-7H3,(H,67,68)/t21-,22-,23+,24-,25-,26+,27-,28-,29-,30-,31-,32-,33+,34+,35+,36-,37-,38-,39+,40-,41+,43-,44?,45-,46+,49-,50+,51-,52+/m0/s1. The first-order valence-corrected chi connectivity index (χ1v) is 26.9. The number of fused-ring (bicyclic) bond motifs is 7. The highest BCUT2D eigenvalue weighted by atomic mass is 16.8. The zero-order chi connectivity index (χ0) is 55.7. The van der Waals surface area contributed by atoms with Gasteiger partial charge in [-0.25, -0.2) is 4.79 Å². The van der Waals surface area contributed by atoms with Gasteiger partial charge in [-0.3, -0.25) is 0 Å². The number of carboxylic acids is 1. The van der Waals surface area contributed by atoms with Crippen LogP contribution in [0.25, 0.3) is 0 Å². The Morgan fingerprint density at radius 1 is 0.618 bits per heavy atom. The van der Waals surface area contributed by atoms with E-state index in [4.69, 9.17) is 37.9 Å². The lowest BCUT2D eigenvalue weighted by molar-refractivity contribution is -0.401. The number of allylic oxidation sites excluding steroid dienone is 1. The van der Waals surface area contributed by atoms with Gasteiger partial charge >= 0.3 is 5.97 Å². The molecule has 4 saturated carbocycles. The van der Waals surface area contributed by atoms with Gasteiger partial charge in [-0.05, 0) is 84.4 Å². The fourth-order valence-corrected chi connectivity index (χ4v) is 16.5. The van der Waals surface area contributed by atoms with Crippen LogP contribution in [0.3, 0.4) is 0 Å². The number of aliphatic hydroxyl groups excluding tert-OH is 14. The van der Waals surface area contributed by atoms with E-state index < -0.39 is 200 Å². The van der Waals surface area contributed by atoms with Crippen molar-refractivity contribution in [1.29, 1.82) is 0 Å². The van der Waals surface area contributed by atoms with Crippen molar-refractivity contribution in [3.8, 4) is 0 Å². The molecule has 9 aliphatic rings. The summed E-state index contributed by atoms with van der Waals surface area (Å²) in [6.07, 6.45) is -32.3. The SMILES string of the molecule is CC1(C)C[C@H](O)[C@]2(CO)[C@H](O)[C@H](O)[C@]3(C)C(=CC[C@@H]4[C@@]5(C)CC[C@H](O[C@@H]6O[C@H](C(=O)O)[C@@H](OC7O[C@@H](CO)[C@H](O)[C@H]7O)[C@H](O[C@@H]7OC[C@H](O)[C@H](O)[C@H]7O)[C@H]6O[C@@H]6O[C@H](CO)[C@H](O)[C@H](O)[C@H]6O)C(C)(C)[C@@H]5CC[C@]43C)[C@@H]2C1. The summed E-state index contributed by atoms with van der Waals surface area (Å²) in [4.78, 5) is 13.5. The molecule has 0 radical (unpaired) electrons. The van der Waals surface area contributed by atoms with Crippen LogP contribution in [0.15, 0.2) is 11.6 Å². The van der Waals surface area contributed by atoms with E-state index in [1.165, 1.54) is 0 Å². The van der Waals surface area contributed by atoms with Crippen LogP contribution in [0, 0.1) is 50.2 Å². The average molecular weight is 1090 g/mol. The number of carbonyl (C=O) groups is 1. The molecule has 0 aromatic rings. The fourth-order valence-electron chi connectivity index (χ4n) is 16.5. The summed E-state index contributed by atoms with van der Waals surface area (Å²) in [5.74, 6) is -2.31. The van der Waals surface area contributed by atoms with Crippen LogP contribution in [-0.4, -0.2) is 244 Å². The Kier molecular flexibility index (Phi) is 16.3. The quantitative estimate of drug-likeness (QED) is 0.0673. The molecule has 5 aliphatic carbocycles. The molecule has 1 unspecified atom stereocenters. The van der Waals surface area contributed by atoms with Gasteiger partial charge in [0.2, 0.25) is 0 Å². The van der Waals surface area contributed by atoms with Crippen molar-refractivity contribution < 1.29 is 119 Å². The summed E-state index contributed by atoms with van der Waals surface area (Å²) >= 11 is 0. The molecule has 0 bridgehead atoms. The maximum absolute atomic E-state index is 13.5. The van der Waals surface area contributed by atoms with Crippen molar-refractivity contribution in [2.45, 2.75) is 228 Å². The number of hydrogen-bond acceptors (Lipinski definition) is 23. The highest BCUT2D eigenvalue weighted by Gasteiger charge is 2.74. The van der Waals surface area contributed by atoms with E-state index in [9.17, 15) is 81.4 Å². The Hall–Kier alpha value is -1.67. The third kappa shape index (κ3) is 8.99. The molecule has 0 amide bonds. The highest BCUT2D eigenvalue weighted by Crippen LogP contribution is 2.76. The lowest BCUT2D eigenvalue weighted by Crippen LogP contribution is -2.74. The van der Waals surface area contributed by atoms with Crippen LogP contribution in [-0.2, 0) is 42.7 Å². The summed E-state index contributed by atoms with van der Waals surface area (Å²) in [5, 5.41) is 165. The molecular weight excluding hydrogens is 1010 g/mol. The second-order valence-electron chi connectivity index (χ2n) is 25.7. The van der Waals surface area contributed by atoms with E-state index in [0.29, 0.717) is 44.9 Å². The maximum atomic E-state index is 13.5. The van der Waals surface area contributed by atoms with Crippen LogP contribution < -0.4 is 0 Å². The third-order valence-corrected chi connectivity index (χ3v) is 20.9. The van der Waals surface area contributed by atoms with Crippen LogP contribution >= 0.6 is 0 Å². The number of aliphatic hydroxyl groups is 14. The molecule has 8 fully saturated rings. The molecule has 436 valence electrons. The molecule has 4 saturated heterocycles. The molecular formula is C52H84O24. The van der Waals surface area contributed by atoms with Crippen molar-refractivity contribution in [2.24, 2.45) is 50.2 Å². The molecule has 15 N–H and O–H groups in total. The molecule has 0 aromatic heterocycles. The summed E-state index contributed by atoms with van der Waals surface area (Å²) in [5.41, 5.74) is -3.56. The molecule has 4 aliphatic heterocycles. The number of hydrogen-bond donors (Lipinski definition) is 15. The Balaban J connectivity index is 1.08. The van der Waals surface area contributed by atoms with Crippen molar-refractivity contribution in [3.05, 3.63) is 11.6 Å².